The molecule has 1 atom stereocenters. The van der Waals surface area contributed by atoms with E-state index < -0.39 is 32.5 Å². The molecule has 0 unspecified atom stereocenters. The van der Waals surface area contributed by atoms with E-state index >= 15 is 0 Å². The number of allylic oxidation sites excluding steroid dienone is 2. The van der Waals surface area contributed by atoms with Crippen LogP contribution in [0.4, 0.5) is 0 Å². The van der Waals surface area contributed by atoms with Gasteiger partial charge in [-0.1, -0.05) is 154 Å². The number of rotatable bonds is 35. The smallest absolute Gasteiger partial charge is 0.462 e. The maximum atomic E-state index is 12.3. The summed E-state index contributed by atoms with van der Waals surface area (Å²) in [5.41, 5.74) is 0. The quantitative estimate of drug-likeness (QED) is 0.0295. The van der Waals surface area contributed by atoms with Gasteiger partial charge >= 0.3 is 19.8 Å². The lowest BCUT2D eigenvalue weighted by Gasteiger charge is -2.18. The highest BCUT2D eigenvalue weighted by molar-refractivity contribution is 7.46. The van der Waals surface area contributed by atoms with E-state index in [1.54, 1.807) is 0 Å². The normalized spacial score (nSPS) is 12.5. The molecule has 0 aliphatic carbocycles. The van der Waals surface area contributed by atoms with Gasteiger partial charge in [0.25, 0.3) is 0 Å². The first-order chi connectivity index (χ1) is 22.3. The lowest BCUT2D eigenvalue weighted by Crippen LogP contribution is -2.29. The second-order valence-electron chi connectivity index (χ2n) is 12.9. The van der Waals surface area contributed by atoms with Gasteiger partial charge in [0.1, 0.15) is 6.61 Å². The van der Waals surface area contributed by atoms with Gasteiger partial charge in [0, 0.05) is 12.8 Å². The van der Waals surface area contributed by atoms with Crippen molar-refractivity contribution >= 4 is 19.8 Å². The molecule has 0 radical (unpaired) electrons. The molecule has 0 fully saturated rings. The Hall–Kier alpha value is -1.21. The fourth-order valence-electron chi connectivity index (χ4n) is 5.43. The number of esters is 2. The van der Waals surface area contributed by atoms with Gasteiger partial charge < -0.3 is 19.3 Å². The third-order valence-electron chi connectivity index (χ3n) is 8.28. The molecule has 0 aromatic heterocycles. The van der Waals surface area contributed by atoms with Crippen LogP contribution in [0.25, 0.3) is 0 Å². The van der Waals surface area contributed by atoms with Crippen LogP contribution in [0.5, 0.6) is 0 Å². The zero-order valence-corrected chi connectivity index (χ0v) is 30.6. The molecular formula is C37H71O8P. The van der Waals surface area contributed by atoms with Gasteiger partial charge in [-0.25, -0.2) is 4.57 Å². The highest BCUT2D eigenvalue weighted by atomic mass is 31.2. The van der Waals surface area contributed by atoms with Crippen molar-refractivity contribution in [1.82, 2.24) is 0 Å². The van der Waals surface area contributed by atoms with Crippen LogP contribution in [-0.4, -0.2) is 41.0 Å². The Morgan fingerprint density at radius 2 is 0.913 bits per heavy atom. The van der Waals surface area contributed by atoms with Crippen molar-refractivity contribution in [3.8, 4) is 0 Å². The summed E-state index contributed by atoms with van der Waals surface area (Å²) < 4.78 is 26.3. The molecule has 0 bridgehead atoms. The summed E-state index contributed by atoms with van der Waals surface area (Å²) in [7, 11) is -4.74. The van der Waals surface area contributed by atoms with Gasteiger partial charge in [-0.2, -0.15) is 0 Å². The van der Waals surface area contributed by atoms with Crippen LogP contribution in [0.2, 0.25) is 0 Å². The number of carbonyl (C=O) groups is 2. The monoisotopic (exact) mass is 674 g/mol. The average Bonchev–Trinajstić information content (AvgIpc) is 3.02. The Kier molecular flexibility index (Phi) is 32.8. The van der Waals surface area contributed by atoms with Crippen molar-refractivity contribution in [2.24, 2.45) is 0 Å². The minimum Gasteiger partial charge on any atom is -0.462 e. The van der Waals surface area contributed by atoms with Crippen LogP contribution in [0.15, 0.2) is 12.2 Å². The largest absolute Gasteiger partial charge is 0.469 e. The number of phosphoric acid groups is 1. The zero-order valence-electron chi connectivity index (χ0n) is 29.7. The number of carbonyl (C=O) groups excluding carboxylic acids is 2. The summed E-state index contributed by atoms with van der Waals surface area (Å²) in [5, 5.41) is 0. The highest BCUT2D eigenvalue weighted by Crippen LogP contribution is 2.36. The Balaban J connectivity index is 3.92. The van der Waals surface area contributed by atoms with Crippen molar-refractivity contribution in [2.75, 3.05) is 13.2 Å². The van der Waals surface area contributed by atoms with E-state index in [1.807, 2.05) is 0 Å². The molecule has 0 heterocycles. The number of ether oxygens (including phenoxy) is 2. The predicted octanol–water partition coefficient (Wildman–Crippen LogP) is 11.1. The number of phosphoric ester groups is 1. The number of hydrogen-bond donors (Lipinski definition) is 2. The third kappa shape index (κ3) is 35.6. The molecule has 0 saturated heterocycles. The van der Waals surface area contributed by atoms with Gasteiger partial charge in [0.2, 0.25) is 0 Å². The third-order valence-corrected chi connectivity index (χ3v) is 8.77. The minimum atomic E-state index is -4.74. The van der Waals surface area contributed by atoms with Crippen LogP contribution >= 0.6 is 7.82 Å². The van der Waals surface area contributed by atoms with E-state index in [0.29, 0.717) is 6.42 Å². The molecular weight excluding hydrogens is 603 g/mol. The Morgan fingerprint density at radius 3 is 1.33 bits per heavy atom. The van der Waals surface area contributed by atoms with Crippen LogP contribution in [0.3, 0.4) is 0 Å². The maximum absolute atomic E-state index is 12.3. The van der Waals surface area contributed by atoms with E-state index in [9.17, 15) is 14.2 Å². The summed E-state index contributed by atoms with van der Waals surface area (Å²) in [6.07, 6.45) is 35.0. The van der Waals surface area contributed by atoms with Gasteiger partial charge in [0.05, 0.1) is 6.61 Å². The standard InChI is InChI=1S/C37H71O8P/c1-3-5-7-9-11-13-15-16-17-18-19-20-22-23-25-27-29-31-36(38)43-33-35(34-44-46(40,41)42)45-37(39)32-30-28-26-24-21-14-12-10-8-6-4-2/h16-17,35H,3-15,18-34H2,1-2H3,(H2,40,41,42)/b17-16-/t35-/m1/s1. The second-order valence-corrected chi connectivity index (χ2v) is 14.1. The topological polar surface area (TPSA) is 119 Å². The summed E-state index contributed by atoms with van der Waals surface area (Å²) >= 11 is 0. The Bertz CT molecular complexity index is 766. The minimum absolute atomic E-state index is 0.216. The molecule has 0 amide bonds. The van der Waals surface area contributed by atoms with Gasteiger partial charge in [-0.15, -0.1) is 0 Å². The number of unbranched alkanes of at least 4 members (excludes halogenated alkanes) is 23. The van der Waals surface area contributed by atoms with Crippen LogP contribution in [0, 0.1) is 0 Å². The molecule has 0 aliphatic heterocycles. The molecule has 46 heavy (non-hydrogen) atoms. The molecule has 0 aromatic rings. The van der Waals surface area contributed by atoms with Crippen LogP contribution in [-0.2, 0) is 28.2 Å². The summed E-state index contributed by atoms with van der Waals surface area (Å²) in [6.45, 7) is 3.67. The summed E-state index contributed by atoms with van der Waals surface area (Å²) in [4.78, 5) is 42.6. The van der Waals surface area contributed by atoms with E-state index in [2.05, 4.69) is 30.5 Å². The van der Waals surface area contributed by atoms with Crippen molar-refractivity contribution in [3.63, 3.8) is 0 Å². The van der Waals surface area contributed by atoms with Crippen molar-refractivity contribution < 1.29 is 37.9 Å². The Labute approximate surface area is 282 Å². The summed E-state index contributed by atoms with van der Waals surface area (Å²) in [6, 6.07) is 0. The zero-order chi connectivity index (χ0) is 34.0. The van der Waals surface area contributed by atoms with Crippen molar-refractivity contribution in [3.05, 3.63) is 12.2 Å². The first-order valence-electron chi connectivity index (χ1n) is 19.0. The van der Waals surface area contributed by atoms with E-state index in [4.69, 9.17) is 19.3 Å². The highest BCUT2D eigenvalue weighted by Gasteiger charge is 2.22. The van der Waals surface area contributed by atoms with Gasteiger partial charge in [0.15, 0.2) is 6.10 Å². The van der Waals surface area contributed by atoms with Gasteiger partial charge in [-0.05, 0) is 38.5 Å². The summed E-state index contributed by atoms with van der Waals surface area (Å²) in [5.74, 6) is -0.884. The predicted molar refractivity (Wildman–Crippen MR) is 189 cm³/mol. The lowest BCUT2D eigenvalue weighted by molar-refractivity contribution is -0.161. The molecule has 0 saturated carbocycles. The van der Waals surface area contributed by atoms with E-state index in [1.165, 1.54) is 109 Å². The van der Waals surface area contributed by atoms with E-state index in [0.717, 1.165) is 51.4 Å². The fraction of sp³-hybridized carbons (Fsp3) is 0.892. The number of hydrogen-bond acceptors (Lipinski definition) is 6. The average molecular weight is 675 g/mol. The fourth-order valence-corrected chi connectivity index (χ4v) is 5.79. The van der Waals surface area contributed by atoms with Crippen molar-refractivity contribution in [2.45, 2.75) is 200 Å². The molecule has 0 aromatic carbocycles. The molecule has 9 heteroatoms. The Morgan fingerprint density at radius 1 is 0.543 bits per heavy atom. The molecule has 8 nitrogen and oxygen atoms in total. The molecule has 2 N–H and O–H groups in total. The van der Waals surface area contributed by atoms with Crippen molar-refractivity contribution in [1.29, 1.82) is 0 Å². The van der Waals surface area contributed by atoms with Crippen LogP contribution in [0.1, 0.15) is 194 Å². The second kappa shape index (κ2) is 33.7. The molecule has 0 aliphatic rings. The first-order valence-corrected chi connectivity index (χ1v) is 20.5. The maximum Gasteiger partial charge on any atom is 0.469 e. The lowest BCUT2D eigenvalue weighted by atomic mass is 10.1. The molecule has 272 valence electrons. The molecule has 0 spiro atoms. The first kappa shape index (κ1) is 44.8. The van der Waals surface area contributed by atoms with Crippen LogP contribution < -0.4 is 0 Å². The SMILES string of the molecule is CCCCCCCC/C=C\CCCCCCCCCC(=O)OC[C@H](COP(=O)(O)O)OC(=O)CCCCCCCCCCCCC. The van der Waals surface area contributed by atoms with Gasteiger partial charge in [-0.3, -0.25) is 14.1 Å². The molecule has 0 rings (SSSR count). The van der Waals surface area contributed by atoms with E-state index in [-0.39, 0.29) is 19.4 Å².